The van der Waals surface area contributed by atoms with Gasteiger partial charge in [0.05, 0.1) is 24.5 Å². The predicted molar refractivity (Wildman–Crippen MR) is 59.0 cm³/mol. The van der Waals surface area contributed by atoms with E-state index in [9.17, 15) is 4.79 Å². The summed E-state index contributed by atoms with van der Waals surface area (Å²) in [7, 11) is 1.57. The zero-order valence-corrected chi connectivity index (χ0v) is 9.27. The molecule has 3 N–H and O–H groups in total. The number of nitrogens with two attached hydrogens (primary N) is 1. The highest BCUT2D eigenvalue weighted by atomic mass is 16.5. The molecule has 0 aromatic carbocycles. The number of hydrogen-bond acceptors (Lipinski definition) is 4. The van der Waals surface area contributed by atoms with E-state index in [0.29, 0.717) is 17.9 Å². The van der Waals surface area contributed by atoms with Gasteiger partial charge in [0.25, 0.3) is 5.91 Å². The molecule has 0 aliphatic carbocycles. The lowest BCUT2D eigenvalue weighted by atomic mass is 10.2. The van der Waals surface area contributed by atoms with E-state index in [1.165, 1.54) is 6.20 Å². The van der Waals surface area contributed by atoms with E-state index >= 15 is 0 Å². The average Bonchev–Trinajstić information content (AvgIpc) is 2.89. The van der Waals surface area contributed by atoms with Gasteiger partial charge in [0, 0.05) is 13.7 Å². The highest BCUT2D eigenvalue weighted by Crippen LogP contribution is 2.17. The molecule has 0 radical (unpaired) electrons. The molecule has 1 fully saturated rings. The van der Waals surface area contributed by atoms with Crippen LogP contribution in [0.25, 0.3) is 0 Å². The molecule has 1 aliphatic heterocycles. The predicted octanol–water partition coefficient (Wildman–Crippen LogP) is 0.00390. The number of nitrogen functional groups attached to an aromatic ring is 1. The molecule has 0 bridgehead atoms. The summed E-state index contributed by atoms with van der Waals surface area (Å²) in [6.45, 7) is 1.37. The second-order valence-electron chi connectivity index (χ2n) is 3.84. The van der Waals surface area contributed by atoms with Crippen molar-refractivity contribution >= 4 is 11.6 Å². The molecule has 88 valence electrons. The summed E-state index contributed by atoms with van der Waals surface area (Å²) in [6.07, 6.45) is 3.71. The summed E-state index contributed by atoms with van der Waals surface area (Å²) < 4.78 is 7.12. The number of anilines is 1. The Morgan fingerprint density at radius 1 is 1.81 bits per heavy atom. The second kappa shape index (κ2) is 4.52. The zero-order chi connectivity index (χ0) is 11.5. The van der Waals surface area contributed by atoms with E-state index in [1.54, 1.807) is 11.7 Å². The van der Waals surface area contributed by atoms with Crippen LogP contribution in [-0.2, 0) is 11.3 Å². The number of nitrogens with zero attached hydrogens (tertiary/aromatic N) is 2. The summed E-state index contributed by atoms with van der Waals surface area (Å²) in [4.78, 5) is 11.6. The van der Waals surface area contributed by atoms with E-state index in [2.05, 4.69) is 10.4 Å². The molecular weight excluding hydrogens is 208 g/mol. The van der Waals surface area contributed by atoms with Gasteiger partial charge in [-0.3, -0.25) is 9.48 Å². The van der Waals surface area contributed by atoms with E-state index in [0.717, 1.165) is 19.4 Å². The Hall–Kier alpha value is -1.56. The minimum absolute atomic E-state index is 0.141. The second-order valence-corrected chi connectivity index (χ2v) is 3.84. The Morgan fingerprint density at radius 2 is 2.62 bits per heavy atom. The van der Waals surface area contributed by atoms with Crippen molar-refractivity contribution in [3.8, 4) is 0 Å². The Balaban J connectivity index is 2.16. The number of amides is 1. The number of aromatic nitrogens is 2. The van der Waals surface area contributed by atoms with E-state index in [-0.39, 0.29) is 12.0 Å². The van der Waals surface area contributed by atoms with E-state index in [4.69, 9.17) is 10.5 Å². The van der Waals surface area contributed by atoms with Crippen LogP contribution in [0.5, 0.6) is 0 Å². The minimum atomic E-state index is -0.215. The van der Waals surface area contributed by atoms with Crippen molar-refractivity contribution in [2.24, 2.45) is 0 Å². The van der Waals surface area contributed by atoms with Crippen molar-refractivity contribution in [1.29, 1.82) is 0 Å². The normalized spacial score (nSPS) is 19.9. The van der Waals surface area contributed by atoms with Crippen molar-refractivity contribution in [3.63, 3.8) is 0 Å². The third-order valence-electron chi connectivity index (χ3n) is 2.71. The molecule has 1 aliphatic rings. The first-order valence-electron chi connectivity index (χ1n) is 5.37. The Bertz CT molecular complexity index is 382. The van der Waals surface area contributed by atoms with Crippen LogP contribution < -0.4 is 11.1 Å². The van der Waals surface area contributed by atoms with E-state index < -0.39 is 0 Å². The fourth-order valence-electron chi connectivity index (χ4n) is 1.89. The summed E-state index contributed by atoms with van der Waals surface area (Å²) in [6, 6.07) is 0. The Kier molecular flexibility index (Phi) is 3.09. The molecule has 1 aromatic heterocycles. The molecule has 0 spiro atoms. The molecule has 6 nitrogen and oxygen atoms in total. The molecule has 1 amide bonds. The van der Waals surface area contributed by atoms with Gasteiger partial charge in [-0.05, 0) is 12.8 Å². The number of nitrogens with one attached hydrogen (secondary N) is 1. The van der Waals surface area contributed by atoms with Gasteiger partial charge in [0.1, 0.15) is 5.69 Å². The molecule has 2 rings (SSSR count). The SMILES string of the molecule is CNC(=O)c1c(N)cnn1CC1CCCO1. The number of ether oxygens (including phenoxy) is 1. The summed E-state index contributed by atoms with van der Waals surface area (Å²) in [5.74, 6) is -0.215. The van der Waals surface area contributed by atoms with Gasteiger partial charge in [-0.2, -0.15) is 5.10 Å². The fourth-order valence-corrected chi connectivity index (χ4v) is 1.89. The highest BCUT2D eigenvalue weighted by Gasteiger charge is 2.21. The van der Waals surface area contributed by atoms with Gasteiger partial charge in [-0.1, -0.05) is 0 Å². The van der Waals surface area contributed by atoms with Crippen LogP contribution in [-0.4, -0.2) is 35.4 Å². The molecule has 1 aromatic rings. The number of carbonyl (C=O) groups excluding carboxylic acids is 1. The number of rotatable bonds is 3. The third-order valence-corrected chi connectivity index (χ3v) is 2.71. The molecule has 1 unspecified atom stereocenters. The van der Waals surface area contributed by atoms with Gasteiger partial charge in [0.15, 0.2) is 0 Å². The smallest absolute Gasteiger partial charge is 0.271 e. The molecule has 2 heterocycles. The van der Waals surface area contributed by atoms with Crippen molar-refractivity contribution < 1.29 is 9.53 Å². The van der Waals surface area contributed by atoms with Crippen molar-refractivity contribution in [2.75, 3.05) is 19.4 Å². The highest BCUT2D eigenvalue weighted by molar-refractivity contribution is 5.97. The van der Waals surface area contributed by atoms with Crippen molar-refractivity contribution in [1.82, 2.24) is 15.1 Å². The molecule has 1 saturated heterocycles. The minimum Gasteiger partial charge on any atom is -0.396 e. The van der Waals surface area contributed by atoms with Crippen LogP contribution in [0.3, 0.4) is 0 Å². The van der Waals surface area contributed by atoms with Gasteiger partial charge < -0.3 is 15.8 Å². The maximum atomic E-state index is 11.6. The lowest BCUT2D eigenvalue weighted by Gasteiger charge is -2.11. The summed E-state index contributed by atoms with van der Waals surface area (Å²) >= 11 is 0. The molecule has 16 heavy (non-hydrogen) atoms. The Labute approximate surface area is 93.8 Å². The van der Waals surface area contributed by atoms with Gasteiger partial charge in [0.2, 0.25) is 0 Å². The van der Waals surface area contributed by atoms with Crippen molar-refractivity contribution in [3.05, 3.63) is 11.9 Å². The largest absolute Gasteiger partial charge is 0.396 e. The number of hydrogen-bond donors (Lipinski definition) is 2. The quantitative estimate of drug-likeness (QED) is 0.757. The average molecular weight is 224 g/mol. The van der Waals surface area contributed by atoms with Crippen LogP contribution in [0, 0.1) is 0 Å². The number of carbonyl (C=O) groups is 1. The van der Waals surface area contributed by atoms with Crippen LogP contribution in [0.1, 0.15) is 23.3 Å². The summed E-state index contributed by atoms with van der Waals surface area (Å²) in [5.41, 5.74) is 6.52. The molecular formula is C10H16N4O2. The van der Waals surface area contributed by atoms with E-state index in [1.807, 2.05) is 0 Å². The lowest BCUT2D eigenvalue weighted by molar-refractivity contribution is 0.0881. The standard InChI is InChI=1S/C10H16N4O2/c1-12-10(15)9-8(11)5-13-14(9)6-7-3-2-4-16-7/h5,7H,2-4,6,11H2,1H3,(H,12,15). The monoisotopic (exact) mass is 224 g/mol. The van der Waals surface area contributed by atoms with Gasteiger partial charge >= 0.3 is 0 Å². The zero-order valence-electron chi connectivity index (χ0n) is 9.27. The topological polar surface area (TPSA) is 82.2 Å². The van der Waals surface area contributed by atoms with Gasteiger partial charge in [-0.15, -0.1) is 0 Å². The van der Waals surface area contributed by atoms with Gasteiger partial charge in [-0.25, -0.2) is 0 Å². The summed E-state index contributed by atoms with van der Waals surface area (Å²) in [5, 5.41) is 6.65. The fraction of sp³-hybridized carbons (Fsp3) is 0.600. The van der Waals surface area contributed by atoms with Crippen LogP contribution in [0.4, 0.5) is 5.69 Å². The third kappa shape index (κ3) is 2.01. The molecule has 1 atom stereocenters. The molecule has 0 saturated carbocycles. The van der Waals surface area contributed by atoms with Crippen LogP contribution in [0.15, 0.2) is 6.20 Å². The molecule has 6 heteroatoms. The van der Waals surface area contributed by atoms with Crippen molar-refractivity contribution in [2.45, 2.75) is 25.5 Å². The first kappa shape index (κ1) is 10.9. The lowest BCUT2D eigenvalue weighted by Crippen LogP contribution is -2.26. The van der Waals surface area contributed by atoms with Crippen LogP contribution in [0.2, 0.25) is 0 Å². The maximum Gasteiger partial charge on any atom is 0.271 e. The first-order valence-corrected chi connectivity index (χ1v) is 5.37. The Morgan fingerprint density at radius 3 is 3.25 bits per heavy atom. The first-order chi connectivity index (χ1) is 7.72. The van der Waals surface area contributed by atoms with Crippen LogP contribution >= 0.6 is 0 Å². The maximum absolute atomic E-state index is 11.6.